The van der Waals surface area contributed by atoms with E-state index in [-0.39, 0.29) is 12.9 Å². The summed E-state index contributed by atoms with van der Waals surface area (Å²) < 4.78 is 4.48. The third-order valence-corrected chi connectivity index (χ3v) is 1.18. The fourth-order valence-electron chi connectivity index (χ4n) is 0.613. The summed E-state index contributed by atoms with van der Waals surface area (Å²) in [5.74, 6) is -2.96. The standard InChI is InChI=1S/C6H6O4/c7-4-6(9)5(8)2-1-3-10-6/h1-2,4,9H,3H2. The molecule has 0 radical (unpaired) electrons. The van der Waals surface area contributed by atoms with Crippen molar-refractivity contribution in [2.24, 2.45) is 0 Å². The highest BCUT2D eigenvalue weighted by molar-refractivity contribution is 6.06. The van der Waals surface area contributed by atoms with Crippen molar-refractivity contribution < 1.29 is 19.4 Å². The predicted molar refractivity (Wildman–Crippen MR) is 31.1 cm³/mol. The normalized spacial score (nSPS) is 32.3. The zero-order valence-electron chi connectivity index (χ0n) is 5.11. The van der Waals surface area contributed by atoms with Gasteiger partial charge in [-0.25, -0.2) is 0 Å². The maximum atomic E-state index is 10.7. The molecule has 1 unspecified atom stereocenters. The fraction of sp³-hybridized carbons (Fsp3) is 0.333. The fourth-order valence-corrected chi connectivity index (χ4v) is 0.613. The van der Waals surface area contributed by atoms with Crippen molar-refractivity contribution in [3.05, 3.63) is 12.2 Å². The monoisotopic (exact) mass is 142 g/mol. The molecule has 1 N–H and O–H groups in total. The minimum absolute atomic E-state index is 0.0822. The van der Waals surface area contributed by atoms with E-state index in [1.54, 1.807) is 0 Å². The lowest BCUT2D eigenvalue weighted by molar-refractivity contribution is -0.192. The van der Waals surface area contributed by atoms with Crippen LogP contribution >= 0.6 is 0 Å². The molecule has 10 heavy (non-hydrogen) atoms. The first kappa shape index (κ1) is 7.11. The van der Waals surface area contributed by atoms with Crippen LogP contribution in [-0.4, -0.2) is 29.6 Å². The molecule has 54 valence electrons. The molecule has 0 aromatic heterocycles. The van der Waals surface area contributed by atoms with Gasteiger partial charge in [-0.1, -0.05) is 6.08 Å². The Balaban J connectivity index is 2.87. The molecule has 4 heteroatoms. The van der Waals surface area contributed by atoms with E-state index in [9.17, 15) is 9.59 Å². The van der Waals surface area contributed by atoms with Crippen LogP contribution < -0.4 is 0 Å². The Morgan fingerprint density at radius 2 is 2.50 bits per heavy atom. The van der Waals surface area contributed by atoms with Gasteiger partial charge in [-0.3, -0.25) is 9.59 Å². The number of hydrogen-bond donors (Lipinski definition) is 1. The van der Waals surface area contributed by atoms with Crippen LogP contribution in [0.1, 0.15) is 0 Å². The van der Waals surface area contributed by atoms with Gasteiger partial charge in [-0.2, -0.15) is 0 Å². The summed E-state index contributed by atoms with van der Waals surface area (Å²) in [5, 5.41) is 8.96. The van der Waals surface area contributed by atoms with Gasteiger partial charge in [0.05, 0.1) is 6.61 Å². The summed E-state index contributed by atoms with van der Waals surface area (Å²) >= 11 is 0. The maximum Gasteiger partial charge on any atom is 0.289 e. The van der Waals surface area contributed by atoms with E-state index in [2.05, 4.69) is 4.74 Å². The molecule has 0 saturated heterocycles. The van der Waals surface area contributed by atoms with E-state index in [1.807, 2.05) is 0 Å². The Hall–Kier alpha value is -1.00. The number of ether oxygens (including phenoxy) is 1. The summed E-state index contributed by atoms with van der Waals surface area (Å²) in [5.41, 5.74) is 0. The Labute approximate surface area is 57.1 Å². The molecular formula is C6H6O4. The summed E-state index contributed by atoms with van der Waals surface area (Å²) in [6, 6.07) is 0. The second-order valence-corrected chi connectivity index (χ2v) is 1.89. The van der Waals surface area contributed by atoms with E-state index >= 15 is 0 Å². The summed E-state index contributed by atoms with van der Waals surface area (Å²) in [4.78, 5) is 20.7. The third kappa shape index (κ3) is 0.984. The lowest BCUT2D eigenvalue weighted by Gasteiger charge is -2.20. The first-order valence-electron chi connectivity index (χ1n) is 2.73. The average molecular weight is 142 g/mol. The minimum Gasteiger partial charge on any atom is -0.354 e. The number of aliphatic hydroxyl groups is 1. The molecule has 0 aliphatic carbocycles. The van der Waals surface area contributed by atoms with Crippen molar-refractivity contribution >= 4 is 12.1 Å². The zero-order valence-corrected chi connectivity index (χ0v) is 5.11. The van der Waals surface area contributed by atoms with Crippen LogP contribution in [0.25, 0.3) is 0 Å². The van der Waals surface area contributed by atoms with E-state index in [0.29, 0.717) is 0 Å². The Kier molecular flexibility index (Phi) is 1.65. The minimum atomic E-state index is -2.23. The lowest BCUT2D eigenvalue weighted by atomic mass is 10.1. The van der Waals surface area contributed by atoms with E-state index in [4.69, 9.17) is 5.11 Å². The predicted octanol–water partition coefficient (Wildman–Crippen LogP) is -0.971. The van der Waals surface area contributed by atoms with Crippen LogP contribution in [-0.2, 0) is 14.3 Å². The SMILES string of the molecule is O=CC1(O)OCC=CC1=O. The summed E-state index contributed by atoms with van der Waals surface area (Å²) in [6.45, 7) is 0.0843. The summed E-state index contributed by atoms with van der Waals surface area (Å²) in [7, 11) is 0. The van der Waals surface area contributed by atoms with Crippen LogP contribution in [0.2, 0.25) is 0 Å². The van der Waals surface area contributed by atoms with Crippen molar-refractivity contribution in [1.29, 1.82) is 0 Å². The molecule has 1 atom stereocenters. The molecule has 1 aliphatic heterocycles. The highest BCUT2D eigenvalue weighted by Crippen LogP contribution is 2.10. The van der Waals surface area contributed by atoms with Gasteiger partial charge in [-0.05, 0) is 6.08 Å². The third-order valence-electron chi connectivity index (χ3n) is 1.18. The smallest absolute Gasteiger partial charge is 0.289 e. The quantitative estimate of drug-likeness (QED) is 0.378. The zero-order chi connectivity index (χ0) is 7.61. The van der Waals surface area contributed by atoms with Crippen molar-refractivity contribution in [2.45, 2.75) is 5.79 Å². The van der Waals surface area contributed by atoms with Gasteiger partial charge in [0, 0.05) is 0 Å². The van der Waals surface area contributed by atoms with Crippen LogP contribution in [0.4, 0.5) is 0 Å². The number of ketones is 1. The van der Waals surface area contributed by atoms with E-state index in [1.165, 1.54) is 6.08 Å². The molecule has 0 amide bonds. The van der Waals surface area contributed by atoms with Gasteiger partial charge in [0.15, 0.2) is 6.29 Å². The van der Waals surface area contributed by atoms with Gasteiger partial charge in [0.2, 0.25) is 5.78 Å². The largest absolute Gasteiger partial charge is 0.354 e. The lowest BCUT2D eigenvalue weighted by Crippen LogP contribution is -2.44. The molecule has 0 fully saturated rings. The van der Waals surface area contributed by atoms with Gasteiger partial charge >= 0.3 is 0 Å². The number of aldehydes is 1. The second kappa shape index (κ2) is 2.32. The van der Waals surface area contributed by atoms with Crippen molar-refractivity contribution in [3.63, 3.8) is 0 Å². The first-order valence-corrected chi connectivity index (χ1v) is 2.73. The van der Waals surface area contributed by atoms with Gasteiger partial charge in [0.1, 0.15) is 0 Å². The molecule has 1 aliphatic rings. The molecular weight excluding hydrogens is 136 g/mol. The Morgan fingerprint density at radius 1 is 1.80 bits per heavy atom. The molecule has 4 nitrogen and oxygen atoms in total. The number of carbonyl (C=O) groups excluding carboxylic acids is 2. The van der Waals surface area contributed by atoms with Gasteiger partial charge in [0.25, 0.3) is 5.79 Å². The van der Waals surface area contributed by atoms with Crippen LogP contribution in [0.15, 0.2) is 12.2 Å². The molecule has 0 saturated carbocycles. The first-order chi connectivity index (χ1) is 4.69. The highest BCUT2D eigenvalue weighted by Gasteiger charge is 2.36. The Bertz CT molecular complexity index is 196. The van der Waals surface area contributed by atoms with Crippen LogP contribution in [0, 0.1) is 0 Å². The molecule has 0 aromatic carbocycles. The van der Waals surface area contributed by atoms with Crippen LogP contribution in [0.5, 0.6) is 0 Å². The molecule has 0 bridgehead atoms. The molecule has 0 spiro atoms. The molecule has 1 rings (SSSR count). The maximum absolute atomic E-state index is 10.7. The van der Waals surface area contributed by atoms with Crippen molar-refractivity contribution in [2.75, 3.05) is 6.61 Å². The number of carbonyl (C=O) groups is 2. The number of rotatable bonds is 1. The van der Waals surface area contributed by atoms with E-state index in [0.717, 1.165) is 6.08 Å². The average Bonchev–Trinajstić information content (AvgIpc) is 1.96. The Morgan fingerprint density at radius 3 is 2.90 bits per heavy atom. The van der Waals surface area contributed by atoms with Gasteiger partial charge in [-0.15, -0.1) is 0 Å². The highest BCUT2D eigenvalue weighted by atomic mass is 16.6. The molecule has 0 aromatic rings. The molecule has 1 heterocycles. The van der Waals surface area contributed by atoms with Crippen molar-refractivity contribution in [3.8, 4) is 0 Å². The van der Waals surface area contributed by atoms with Gasteiger partial charge < -0.3 is 9.84 Å². The van der Waals surface area contributed by atoms with Crippen molar-refractivity contribution in [1.82, 2.24) is 0 Å². The second-order valence-electron chi connectivity index (χ2n) is 1.89. The van der Waals surface area contributed by atoms with Crippen LogP contribution in [0.3, 0.4) is 0 Å². The van der Waals surface area contributed by atoms with E-state index < -0.39 is 11.6 Å². The number of hydrogen-bond acceptors (Lipinski definition) is 4. The summed E-state index contributed by atoms with van der Waals surface area (Å²) in [6.07, 6.45) is 2.64. The topological polar surface area (TPSA) is 63.6 Å².